The molecule has 0 aliphatic carbocycles. The van der Waals surface area contributed by atoms with E-state index in [-0.39, 0.29) is 17.8 Å². The first-order valence-corrected chi connectivity index (χ1v) is 6.74. The number of hydrogen-bond acceptors (Lipinski definition) is 4. The summed E-state index contributed by atoms with van der Waals surface area (Å²) in [5.41, 5.74) is 0. The molecule has 110 valence electrons. The second-order valence-corrected chi connectivity index (χ2v) is 4.74. The van der Waals surface area contributed by atoms with Gasteiger partial charge in [-0.1, -0.05) is 6.92 Å². The predicted molar refractivity (Wildman–Crippen MR) is 74.1 cm³/mol. The second-order valence-electron chi connectivity index (χ2n) is 4.74. The Kier molecular flexibility index (Phi) is 6.62. The van der Waals surface area contributed by atoms with Crippen molar-refractivity contribution in [2.75, 3.05) is 47.0 Å². The number of hydrogen-bond donors (Lipinski definition) is 1. The fourth-order valence-corrected chi connectivity index (χ4v) is 2.27. The van der Waals surface area contributed by atoms with Crippen LogP contribution in [0.3, 0.4) is 0 Å². The van der Waals surface area contributed by atoms with Crippen molar-refractivity contribution in [2.45, 2.75) is 13.8 Å². The zero-order valence-corrected chi connectivity index (χ0v) is 12.3. The van der Waals surface area contributed by atoms with Crippen LogP contribution < -0.4 is 5.32 Å². The van der Waals surface area contributed by atoms with Gasteiger partial charge in [0.05, 0.1) is 26.2 Å². The molecule has 1 heterocycles. The van der Waals surface area contributed by atoms with Crippen LogP contribution >= 0.6 is 0 Å². The normalized spacial score (nSPS) is 23.6. The molecule has 1 rings (SSSR count). The van der Waals surface area contributed by atoms with Gasteiger partial charge in [-0.25, -0.2) is 0 Å². The minimum absolute atomic E-state index is 0.0729. The molecule has 19 heavy (non-hydrogen) atoms. The minimum Gasteiger partial charge on any atom is -0.469 e. The molecule has 2 atom stereocenters. The van der Waals surface area contributed by atoms with Crippen molar-refractivity contribution in [1.82, 2.24) is 10.2 Å². The van der Waals surface area contributed by atoms with Crippen LogP contribution in [-0.2, 0) is 14.3 Å². The molecule has 1 saturated heterocycles. The Balaban J connectivity index is 2.66. The van der Waals surface area contributed by atoms with Gasteiger partial charge in [-0.15, -0.1) is 0 Å². The van der Waals surface area contributed by atoms with Gasteiger partial charge >= 0.3 is 5.97 Å². The number of aliphatic imine (C=N–C) groups is 1. The number of methoxy groups -OCH3 is 2. The maximum absolute atomic E-state index is 11.7. The van der Waals surface area contributed by atoms with Crippen LogP contribution in [-0.4, -0.2) is 63.8 Å². The Hall–Kier alpha value is -1.30. The molecule has 2 unspecified atom stereocenters. The molecular formula is C13H25N3O3. The van der Waals surface area contributed by atoms with Crippen molar-refractivity contribution in [3.05, 3.63) is 0 Å². The fraction of sp³-hybridized carbons (Fsp3) is 0.846. The molecule has 6 nitrogen and oxygen atoms in total. The van der Waals surface area contributed by atoms with E-state index in [0.29, 0.717) is 19.7 Å². The third kappa shape index (κ3) is 4.38. The number of rotatable bonds is 5. The number of nitrogens with one attached hydrogen (secondary N) is 1. The molecule has 0 bridgehead atoms. The molecule has 0 radical (unpaired) electrons. The van der Waals surface area contributed by atoms with E-state index in [1.165, 1.54) is 7.11 Å². The Morgan fingerprint density at radius 3 is 2.74 bits per heavy atom. The fourth-order valence-electron chi connectivity index (χ4n) is 2.27. The molecule has 1 fully saturated rings. The van der Waals surface area contributed by atoms with E-state index in [0.717, 1.165) is 19.0 Å². The number of guanidine groups is 1. The number of ether oxygens (including phenoxy) is 2. The van der Waals surface area contributed by atoms with Crippen molar-refractivity contribution in [2.24, 2.45) is 16.8 Å². The van der Waals surface area contributed by atoms with E-state index >= 15 is 0 Å². The first-order valence-electron chi connectivity index (χ1n) is 6.74. The van der Waals surface area contributed by atoms with E-state index in [1.54, 1.807) is 7.11 Å². The van der Waals surface area contributed by atoms with Crippen molar-refractivity contribution >= 4 is 11.9 Å². The van der Waals surface area contributed by atoms with Gasteiger partial charge in [0.2, 0.25) is 0 Å². The van der Waals surface area contributed by atoms with Gasteiger partial charge < -0.3 is 19.7 Å². The van der Waals surface area contributed by atoms with E-state index in [9.17, 15) is 4.79 Å². The first kappa shape index (κ1) is 15.8. The van der Waals surface area contributed by atoms with Crippen LogP contribution in [0, 0.1) is 11.8 Å². The third-order valence-corrected chi connectivity index (χ3v) is 3.31. The van der Waals surface area contributed by atoms with Crippen molar-refractivity contribution in [3.63, 3.8) is 0 Å². The summed E-state index contributed by atoms with van der Waals surface area (Å²) in [6, 6.07) is 0. The maximum atomic E-state index is 11.7. The Bertz CT molecular complexity index is 320. The van der Waals surface area contributed by atoms with E-state index in [1.807, 2.05) is 6.92 Å². The highest BCUT2D eigenvalue weighted by atomic mass is 16.5. The summed E-state index contributed by atoms with van der Waals surface area (Å²) in [6.07, 6.45) is 0. The Morgan fingerprint density at radius 1 is 1.42 bits per heavy atom. The van der Waals surface area contributed by atoms with Crippen LogP contribution in [0.4, 0.5) is 0 Å². The van der Waals surface area contributed by atoms with Gasteiger partial charge in [0, 0.05) is 26.7 Å². The molecular weight excluding hydrogens is 246 g/mol. The van der Waals surface area contributed by atoms with Crippen LogP contribution in [0.5, 0.6) is 0 Å². The van der Waals surface area contributed by atoms with E-state index < -0.39 is 0 Å². The average Bonchev–Trinajstić information content (AvgIpc) is 2.79. The minimum atomic E-state index is -0.136. The van der Waals surface area contributed by atoms with Gasteiger partial charge in [-0.05, 0) is 12.8 Å². The summed E-state index contributed by atoms with van der Waals surface area (Å²) in [5.74, 6) is 0.913. The standard InChI is InChI=1S/C13H25N3O3/c1-5-14-13(15-6-7-18-3)16-8-10(2)11(9-16)12(17)19-4/h10-11H,5-9H2,1-4H3,(H,14,15). The lowest BCUT2D eigenvalue weighted by Gasteiger charge is -2.21. The monoisotopic (exact) mass is 271 g/mol. The zero-order chi connectivity index (χ0) is 14.3. The lowest BCUT2D eigenvalue weighted by atomic mass is 9.99. The largest absolute Gasteiger partial charge is 0.469 e. The van der Waals surface area contributed by atoms with Crippen molar-refractivity contribution < 1.29 is 14.3 Å². The summed E-state index contributed by atoms with van der Waals surface area (Å²) >= 11 is 0. The van der Waals surface area contributed by atoms with Crippen LogP contribution in [0.25, 0.3) is 0 Å². The third-order valence-electron chi connectivity index (χ3n) is 3.31. The van der Waals surface area contributed by atoms with Crippen LogP contribution in [0.1, 0.15) is 13.8 Å². The molecule has 1 aliphatic rings. The smallest absolute Gasteiger partial charge is 0.310 e. The van der Waals surface area contributed by atoms with Gasteiger partial charge in [-0.2, -0.15) is 0 Å². The van der Waals surface area contributed by atoms with Gasteiger partial charge in [0.1, 0.15) is 0 Å². The van der Waals surface area contributed by atoms with Crippen molar-refractivity contribution in [1.29, 1.82) is 0 Å². The lowest BCUT2D eigenvalue weighted by molar-refractivity contribution is -0.145. The first-order chi connectivity index (χ1) is 9.13. The summed E-state index contributed by atoms with van der Waals surface area (Å²) in [7, 11) is 3.10. The number of carbonyl (C=O) groups excluding carboxylic acids is 1. The van der Waals surface area contributed by atoms with Crippen molar-refractivity contribution in [3.8, 4) is 0 Å². The van der Waals surface area contributed by atoms with E-state index in [4.69, 9.17) is 9.47 Å². The Labute approximate surface area is 115 Å². The van der Waals surface area contributed by atoms with Crippen LogP contribution in [0.2, 0.25) is 0 Å². The van der Waals surface area contributed by atoms with Crippen LogP contribution in [0.15, 0.2) is 4.99 Å². The number of likely N-dealkylation sites (tertiary alicyclic amines) is 1. The summed E-state index contributed by atoms with van der Waals surface area (Å²) in [6.45, 7) is 7.60. The Morgan fingerprint density at radius 2 is 2.16 bits per heavy atom. The predicted octanol–water partition coefficient (Wildman–Crippen LogP) is 0.339. The molecule has 0 aromatic heterocycles. The van der Waals surface area contributed by atoms with E-state index in [2.05, 4.69) is 22.1 Å². The summed E-state index contributed by atoms with van der Waals surface area (Å²) < 4.78 is 9.85. The molecule has 0 aromatic rings. The zero-order valence-electron chi connectivity index (χ0n) is 12.3. The molecule has 0 saturated carbocycles. The highest BCUT2D eigenvalue weighted by molar-refractivity contribution is 5.82. The lowest BCUT2D eigenvalue weighted by Crippen LogP contribution is -2.40. The SMILES string of the molecule is CCNC(=NCCOC)N1CC(C)C(C(=O)OC)C1. The van der Waals surface area contributed by atoms with Gasteiger partial charge in [0.25, 0.3) is 0 Å². The maximum Gasteiger partial charge on any atom is 0.310 e. The van der Waals surface area contributed by atoms with Gasteiger partial charge in [0.15, 0.2) is 5.96 Å². The molecule has 0 aromatic carbocycles. The average molecular weight is 271 g/mol. The second kappa shape index (κ2) is 7.99. The number of esters is 1. The topological polar surface area (TPSA) is 63.2 Å². The molecule has 0 amide bonds. The summed E-state index contributed by atoms with van der Waals surface area (Å²) in [4.78, 5) is 18.3. The number of carbonyl (C=O) groups is 1. The number of nitrogens with zero attached hydrogens (tertiary/aromatic N) is 2. The van der Waals surface area contributed by atoms with Gasteiger partial charge in [-0.3, -0.25) is 9.79 Å². The molecule has 6 heteroatoms. The molecule has 0 spiro atoms. The molecule has 1 aliphatic heterocycles. The quantitative estimate of drug-likeness (QED) is 0.338. The molecule has 1 N–H and O–H groups in total. The highest BCUT2D eigenvalue weighted by Gasteiger charge is 2.36. The summed E-state index contributed by atoms with van der Waals surface area (Å²) in [5, 5.41) is 3.25. The highest BCUT2D eigenvalue weighted by Crippen LogP contribution is 2.24.